The quantitative estimate of drug-likeness (QED) is 0.749. The predicted molar refractivity (Wildman–Crippen MR) is 51.8 cm³/mol. The van der Waals surface area contributed by atoms with Gasteiger partial charge in [0.25, 0.3) is 0 Å². The molecule has 1 aliphatic heterocycles. The summed E-state index contributed by atoms with van der Waals surface area (Å²) >= 11 is 0. The van der Waals surface area contributed by atoms with Gasteiger partial charge in [-0.05, 0) is 0 Å². The van der Waals surface area contributed by atoms with Crippen LogP contribution in [0.15, 0.2) is 0 Å². The summed E-state index contributed by atoms with van der Waals surface area (Å²) in [7, 11) is 0. The molecular formula is C9H11F3N4O. The fourth-order valence-corrected chi connectivity index (χ4v) is 1.87. The molecule has 94 valence electrons. The number of halogens is 3. The average Bonchev–Trinajstić information content (AvgIpc) is 2.70. The van der Waals surface area contributed by atoms with Crippen LogP contribution in [0.4, 0.5) is 13.2 Å². The molecule has 0 aromatic carbocycles. The van der Waals surface area contributed by atoms with Crippen molar-refractivity contribution < 1.29 is 18.0 Å². The number of carbonyl (C=O) groups excluding carboxylic acids is 1. The highest BCUT2D eigenvalue weighted by Crippen LogP contribution is 2.33. The molecule has 2 heterocycles. The van der Waals surface area contributed by atoms with Gasteiger partial charge < -0.3 is 10.6 Å². The Hall–Kier alpha value is -1.57. The van der Waals surface area contributed by atoms with Crippen molar-refractivity contribution in [2.45, 2.75) is 19.1 Å². The molecule has 0 aliphatic carbocycles. The fourth-order valence-electron chi connectivity index (χ4n) is 1.87. The Morgan fingerprint density at radius 1 is 1.53 bits per heavy atom. The van der Waals surface area contributed by atoms with E-state index in [2.05, 4.69) is 10.2 Å². The minimum absolute atomic E-state index is 0.0468. The number of rotatable bonds is 1. The van der Waals surface area contributed by atoms with Crippen LogP contribution in [0.3, 0.4) is 0 Å². The van der Waals surface area contributed by atoms with Gasteiger partial charge in [0.05, 0.1) is 6.54 Å². The zero-order chi connectivity index (χ0) is 12.6. The highest BCUT2D eigenvalue weighted by atomic mass is 19.4. The van der Waals surface area contributed by atoms with Crippen molar-refractivity contribution in [3.05, 3.63) is 17.0 Å². The molecule has 0 spiro atoms. The lowest BCUT2D eigenvalue weighted by molar-refractivity contribution is -0.143. The molecule has 2 rings (SSSR count). The van der Waals surface area contributed by atoms with Crippen molar-refractivity contribution in [2.24, 2.45) is 5.73 Å². The van der Waals surface area contributed by atoms with E-state index in [9.17, 15) is 18.0 Å². The van der Waals surface area contributed by atoms with Gasteiger partial charge in [-0.2, -0.15) is 18.3 Å². The van der Waals surface area contributed by atoms with E-state index in [1.807, 2.05) is 0 Å². The van der Waals surface area contributed by atoms with Crippen LogP contribution in [0.25, 0.3) is 0 Å². The van der Waals surface area contributed by atoms with E-state index in [4.69, 9.17) is 5.73 Å². The van der Waals surface area contributed by atoms with E-state index in [1.165, 1.54) is 4.90 Å². The summed E-state index contributed by atoms with van der Waals surface area (Å²) < 4.78 is 37.8. The van der Waals surface area contributed by atoms with Gasteiger partial charge in [0.15, 0.2) is 5.69 Å². The first-order chi connectivity index (χ1) is 7.93. The summed E-state index contributed by atoms with van der Waals surface area (Å²) in [5.41, 5.74) is 4.73. The highest BCUT2D eigenvalue weighted by molar-refractivity contribution is 5.78. The standard InChI is InChI=1S/C9H11F3N4O/c10-9(11,12)8-5-4-16(7(17)3-13)2-1-6(5)14-15-8/h1-4,13H2,(H,14,15). The monoisotopic (exact) mass is 248 g/mol. The average molecular weight is 248 g/mol. The van der Waals surface area contributed by atoms with Gasteiger partial charge in [0, 0.05) is 30.8 Å². The van der Waals surface area contributed by atoms with Gasteiger partial charge in [0.2, 0.25) is 5.91 Å². The third-order valence-corrected chi connectivity index (χ3v) is 2.73. The molecule has 0 unspecified atom stereocenters. The SMILES string of the molecule is NCC(=O)N1CCc2[nH]nc(C(F)(F)F)c2C1. The van der Waals surface area contributed by atoms with Crippen molar-refractivity contribution in [1.29, 1.82) is 0 Å². The number of carbonyl (C=O) groups is 1. The van der Waals surface area contributed by atoms with Crippen molar-refractivity contribution in [2.75, 3.05) is 13.1 Å². The summed E-state index contributed by atoms with van der Waals surface area (Å²) in [5, 5.41) is 5.64. The molecule has 0 saturated carbocycles. The van der Waals surface area contributed by atoms with Gasteiger partial charge in [-0.15, -0.1) is 0 Å². The molecule has 0 bridgehead atoms. The summed E-state index contributed by atoms with van der Waals surface area (Å²) in [4.78, 5) is 12.7. The largest absolute Gasteiger partial charge is 0.435 e. The van der Waals surface area contributed by atoms with E-state index >= 15 is 0 Å². The van der Waals surface area contributed by atoms with Gasteiger partial charge in [-0.1, -0.05) is 0 Å². The van der Waals surface area contributed by atoms with E-state index in [0.29, 0.717) is 18.7 Å². The summed E-state index contributed by atoms with van der Waals surface area (Å²) in [5.74, 6) is -0.357. The Morgan fingerprint density at radius 2 is 2.24 bits per heavy atom. The molecule has 0 atom stereocenters. The van der Waals surface area contributed by atoms with E-state index in [0.717, 1.165) is 0 Å². The smallest absolute Gasteiger partial charge is 0.337 e. The number of alkyl halides is 3. The molecule has 0 saturated heterocycles. The number of fused-ring (bicyclic) bond motifs is 1. The van der Waals surface area contributed by atoms with Gasteiger partial charge in [-0.3, -0.25) is 9.89 Å². The van der Waals surface area contributed by atoms with E-state index < -0.39 is 11.9 Å². The van der Waals surface area contributed by atoms with Crippen LogP contribution < -0.4 is 5.73 Å². The Morgan fingerprint density at radius 3 is 2.82 bits per heavy atom. The van der Waals surface area contributed by atoms with Crippen molar-refractivity contribution in [3.8, 4) is 0 Å². The number of aromatic amines is 1. The van der Waals surface area contributed by atoms with Crippen molar-refractivity contribution >= 4 is 5.91 Å². The first-order valence-electron chi connectivity index (χ1n) is 5.04. The predicted octanol–water partition coefficient (Wildman–Crippen LogP) is 0.272. The minimum Gasteiger partial charge on any atom is -0.337 e. The number of hydrogen-bond donors (Lipinski definition) is 2. The van der Waals surface area contributed by atoms with Gasteiger partial charge in [-0.25, -0.2) is 0 Å². The second-order valence-corrected chi connectivity index (χ2v) is 3.80. The minimum atomic E-state index is -4.50. The van der Waals surface area contributed by atoms with E-state index in [1.54, 1.807) is 0 Å². The van der Waals surface area contributed by atoms with Gasteiger partial charge in [0.1, 0.15) is 0 Å². The number of amides is 1. The molecule has 8 heteroatoms. The Balaban J connectivity index is 2.29. The molecular weight excluding hydrogens is 237 g/mol. The lowest BCUT2D eigenvalue weighted by Crippen LogP contribution is -2.39. The molecule has 1 amide bonds. The fraction of sp³-hybridized carbons (Fsp3) is 0.556. The molecule has 17 heavy (non-hydrogen) atoms. The highest BCUT2D eigenvalue weighted by Gasteiger charge is 2.39. The molecule has 1 aromatic heterocycles. The number of nitrogens with two attached hydrogens (primary N) is 1. The second-order valence-electron chi connectivity index (χ2n) is 3.80. The molecule has 0 radical (unpaired) electrons. The molecule has 1 aliphatic rings. The second kappa shape index (κ2) is 4.02. The number of nitrogens with zero attached hydrogens (tertiary/aromatic N) is 2. The van der Waals surface area contributed by atoms with Crippen LogP contribution in [0.2, 0.25) is 0 Å². The molecule has 5 nitrogen and oxygen atoms in total. The van der Waals surface area contributed by atoms with Gasteiger partial charge >= 0.3 is 6.18 Å². The Labute approximate surface area is 94.8 Å². The number of aromatic nitrogens is 2. The first-order valence-corrected chi connectivity index (χ1v) is 5.04. The number of nitrogens with one attached hydrogen (secondary N) is 1. The van der Waals surface area contributed by atoms with Crippen LogP contribution in [-0.2, 0) is 23.9 Å². The zero-order valence-corrected chi connectivity index (χ0v) is 8.84. The van der Waals surface area contributed by atoms with Crippen LogP contribution in [0.5, 0.6) is 0 Å². The van der Waals surface area contributed by atoms with Crippen molar-refractivity contribution in [1.82, 2.24) is 15.1 Å². The number of H-pyrrole nitrogens is 1. The maximum Gasteiger partial charge on any atom is 0.435 e. The summed E-state index contributed by atoms with van der Waals surface area (Å²) in [6.45, 7) is 0.0772. The normalized spacial score (nSPS) is 15.9. The van der Waals surface area contributed by atoms with Crippen LogP contribution in [0.1, 0.15) is 17.0 Å². The number of hydrogen-bond acceptors (Lipinski definition) is 3. The van der Waals surface area contributed by atoms with Crippen LogP contribution >= 0.6 is 0 Å². The Bertz CT molecular complexity index is 440. The molecule has 3 N–H and O–H groups in total. The Kier molecular flexibility index (Phi) is 2.82. The topological polar surface area (TPSA) is 75.0 Å². The van der Waals surface area contributed by atoms with E-state index in [-0.39, 0.29) is 24.6 Å². The van der Waals surface area contributed by atoms with Crippen LogP contribution in [-0.4, -0.2) is 34.1 Å². The summed E-state index contributed by atoms with van der Waals surface area (Å²) in [6.07, 6.45) is -4.16. The lowest BCUT2D eigenvalue weighted by Gasteiger charge is -2.26. The molecule has 1 aromatic rings. The molecule has 0 fully saturated rings. The first kappa shape index (κ1) is 11.9. The zero-order valence-electron chi connectivity index (χ0n) is 8.84. The maximum absolute atomic E-state index is 12.6. The lowest BCUT2D eigenvalue weighted by atomic mass is 10.1. The maximum atomic E-state index is 12.6. The third-order valence-electron chi connectivity index (χ3n) is 2.73. The van der Waals surface area contributed by atoms with Crippen LogP contribution in [0, 0.1) is 0 Å². The van der Waals surface area contributed by atoms with Crippen molar-refractivity contribution in [3.63, 3.8) is 0 Å². The summed E-state index contributed by atoms with van der Waals surface area (Å²) in [6, 6.07) is 0. The third kappa shape index (κ3) is 2.12.